The fourth-order valence-electron chi connectivity index (χ4n) is 1.73. The summed E-state index contributed by atoms with van der Waals surface area (Å²) in [5, 5.41) is 3.09. The quantitative estimate of drug-likeness (QED) is 0.802. The van der Waals surface area contributed by atoms with E-state index in [4.69, 9.17) is 15.2 Å². The highest BCUT2D eigenvalue weighted by atomic mass is 16.5. The smallest absolute Gasteiger partial charge is 0.323 e. The van der Waals surface area contributed by atoms with Gasteiger partial charge in [-0.3, -0.25) is 0 Å². The molecule has 1 aromatic rings. The summed E-state index contributed by atoms with van der Waals surface area (Å²) in [5.74, 6) is 0.573. The van der Waals surface area contributed by atoms with E-state index in [1.54, 1.807) is 0 Å². The van der Waals surface area contributed by atoms with E-state index < -0.39 is 0 Å². The normalized spacial score (nSPS) is 19.2. The van der Waals surface area contributed by atoms with Crippen LogP contribution in [-0.4, -0.2) is 40.3 Å². The van der Waals surface area contributed by atoms with Gasteiger partial charge in [-0.15, -0.1) is 0 Å². The summed E-state index contributed by atoms with van der Waals surface area (Å²) in [6.07, 6.45) is 2.38. The molecule has 1 saturated heterocycles. The number of nitrogens with two attached hydrogens (primary N) is 1. The van der Waals surface area contributed by atoms with Crippen molar-refractivity contribution in [2.75, 3.05) is 24.2 Å². The molecular weight excluding hydrogens is 234 g/mol. The third-order valence-corrected chi connectivity index (χ3v) is 2.49. The molecule has 2 heterocycles. The molecule has 7 heteroatoms. The maximum absolute atomic E-state index is 5.61. The zero-order valence-corrected chi connectivity index (χ0v) is 10.7. The lowest BCUT2D eigenvalue weighted by molar-refractivity contribution is 0.120. The van der Waals surface area contributed by atoms with Gasteiger partial charge in [0, 0.05) is 13.2 Å². The third kappa shape index (κ3) is 3.69. The molecule has 1 aliphatic rings. The van der Waals surface area contributed by atoms with Crippen molar-refractivity contribution in [1.29, 1.82) is 0 Å². The molecule has 3 N–H and O–H groups in total. The largest absolute Gasteiger partial charge is 0.461 e. The zero-order valence-electron chi connectivity index (χ0n) is 10.7. The van der Waals surface area contributed by atoms with Gasteiger partial charge in [-0.25, -0.2) is 0 Å². The van der Waals surface area contributed by atoms with Gasteiger partial charge in [-0.1, -0.05) is 0 Å². The predicted octanol–water partition coefficient (Wildman–Crippen LogP) is 0.832. The number of hydrogen-bond acceptors (Lipinski definition) is 7. The summed E-state index contributed by atoms with van der Waals surface area (Å²) in [6, 6.07) is 0.243. The fourth-order valence-corrected chi connectivity index (χ4v) is 1.73. The molecule has 18 heavy (non-hydrogen) atoms. The van der Waals surface area contributed by atoms with Crippen molar-refractivity contribution in [3.05, 3.63) is 0 Å². The first kappa shape index (κ1) is 12.8. The molecule has 0 spiro atoms. The zero-order chi connectivity index (χ0) is 13.0. The van der Waals surface area contributed by atoms with Crippen molar-refractivity contribution < 1.29 is 9.47 Å². The number of rotatable bonds is 5. The summed E-state index contributed by atoms with van der Waals surface area (Å²) < 4.78 is 10.9. The van der Waals surface area contributed by atoms with Crippen molar-refractivity contribution >= 4 is 11.9 Å². The molecule has 1 unspecified atom stereocenters. The molecule has 2 rings (SSSR count). The molecule has 7 nitrogen and oxygen atoms in total. The number of nitrogen functional groups attached to an aromatic ring is 1. The lowest BCUT2D eigenvalue weighted by Crippen LogP contribution is -2.20. The first-order valence-electron chi connectivity index (χ1n) is 6.17. The van der Waals surface area contributed by atoms with Crippen LogP contribution in [0.15, 0.2) is 0 Å². The lowest BCUT2D eigenvalue weighted by atomic mass is 10.2. The van der Waals surface area contributed by atoms with Crippen molar-refractivity contribution in [2.24, 2.45) is 0 Å². The molecule has 0 radical (unpaired) electrons. The Bertz CT molecular complexity index is 393. The highest BCUT2D eigenvalue weighted by Gasteiger charge is 2.16. The van der Waals surface area contributed by atoms with E-state index in [-0.39, 0.29) is 24.2 Å². The van der Waals surface area contributed by atoms with Crippen LogP contribution < -0.4 is 15.8 Å². The third-order valence-electron chi connectivity index (χ3n) is 2.49. The summed E-state index contributed by atoms with van der Waals surface area (Å²) in [4.78, 5) is 12.1. The Morgan fingerprint density at radius 1 is 1.44 bits per heavy atom. The average Bonchev–Trinajstić information content (AvgIpc) is 2.77. The Hall–Kier alpha value is -1.63. The first-order valence-corrected chi connectivity index (χ1v) is 6.17. The molecule has 1 fully saturated rings. The highest BCUT2D eigenvalue weighted by Crippen LogP contribution is 2.14. The van der Waals surface area contributed by atoms with E-state index in [2.05, 4.69) is 20.3 Å². The Morgan fingerprint density at radius 2 is 2.28 bits per heavy atom. The van der Waals surface area contributed by atoms with E-state index in [1.165, 1.54) is 0 Å². The maximum Gasteiger partial charge on any atom is 0.323 e. The van der Waals surface area contributed by atoms with Crippen LogP contribution in [0.4, 0.5) is 11.9 Å². The Labute approximate surface area is 106 Å². The van der Waals surface area contributed by atoms with Crippen LogP contribution in [-0.2, 0) is 4.74 Å². The summed E-state index contributed by atoms with van der Waals surface area (Å²) in [6.45, 7) is 5.30. The van der Waals surface area contributed by atoms with E-state index >= 15 is 0 Å². The summed E-state index contributed by atoms with van der Waals surface area (Å²) in [5.41, 5.74) is 5.61. The second-order valence-electron chi connectivity index (χ2n) is 4.48. The van der Waals surface area contributed by atoms with Crippen LogP contribution in [0.5, 0.6) is 6.01 Å². The molecule has 0 saturated carbocycles. The summed E-state index contributed by atoms with van der Waals surface area (Å²) in [7, 11) is 0. The maximum atomic E-state index is 5.61. The van der Waals surface area contributed by atoms with E-state index in [9.17, 15) is 0 Å². The minimum Gasteiger partial charge on any atom is -0.461 e. The second-order valence-corrected chi connectivity index (χ2v) is 4.48. The van der Waals surface area contributed by atoms with E-state index in [0.717, 1.165) is 19.4 Å². The number of nitrogens with zero attached hydrogens (tertiary/aromatic N) is 3. The number of anilines is 2. The Morgan fingerprint density at radius 3 is 2.94 bits per heavy atom. The lowest BCUT2D eigenvalue weighted by Gasteiger charge is -2.12. The molecule has 100 valence electrons. The monoisotopic (exact) mass is 253 g/mol. The molecule has 1 aromatic heterocycles. The van der Waals surface area contributed by atoms with Gasteiger partial charge in [0.15, 0.2) is 0 Å². The first-order chi connectivity index (χ1) is 8.63. The molecule has 1 aliphatic heterocycles. The minimum absolute atomic E-state index is 0.00202. The van der Waals surface area contributed by atoms with Crippen LogP contribution >= 0.6 is 0 Å². The average molecular weight is 253 g/mol. The molecule has 0 aromatic carbocycles. The van der Waals surface area contributed by atoms with Crippen molar-refractivity contribution in [1.82, 2.24) is 15.0 Å². The van der Waals surface area contributed by atoms with Crippen molar-refractivity contribution in [3.8, 4) is 6.01 Å². The predicted molar refractivity (Wildman–Crippen MR) is 67.5 cm³/mol. The van der Waals surface area contributed by atoms with Gasteiger partial charge in [0.05, 0.1) is 12.2 Å². The number of hydrogen-bond donors (Lipinski definition) is 2. The Kier molecular flexibility index (Phi) is 4.14. The molecule has 0 amide bonds. The van der Waals surface area contributed by atoms with Crippen LogP contribution in [0.25, 0.3) is 0 Å². The second kappa shape index (κ2) is 5.81. The van der Waals surface area contributed by atoms with Crippen LogP contribution in [0, 0.1) is 0 Å². The molecule has 0 bridgehead atoms. The van der Waals surface area contributed by atoms with Gasteiger partial charge >= 0.3 is 6.01 Å². The summed E-state index contributed by atoms with van der Waals surface area (Å²) >= 11 is 0. The number of ether oxygens (including phenoxy) is 2. The van der Waals surface area contributed by atoms with Crippen LogP contribution in [0.2, 0.25) is 0 Å². The van der Waals surface area contributed by atoms with Gasteiger partial charge in [0.2, 0.25) is 11.9 Å². The number of aromatic nitrogens is 3. The minimum atomic E-state index is -0.00202. The van der Waals surface area contributed by atoms with Gasteiger partial charge < -0.3 is 20.5 Å². The van der Waals surface area contributed by atoms with Crippen LogP contribution in [0.3, 0.4) is 0 Å². The van der Waals surface area contributed by atoms with E-state index in [0.29, 0.717) is 12.5 Å². The molecule has 0 aliphatic carbocycles. The SMILES string of the molecule is CC(C)Oc1nc(N)nc(NCC2CCCO2)n1. The molecular formula is C11H19N5O2. The van der Waals surface area contributed by atoms with Crippen molar-refractivity contribution in [3.63, 3.8) is 0 Å². The fraction of sp³-hybridized carbons (Fsp3) is 0.727. The van der Waals surface area contributed by atoms with Crippen LogP contribution in [0.1, 0.15) is 26.7 Å². The molecule has 1 atom stereocenters. The van der Waals surface area contributed by atoms with Crippen molar-refractivity contribution in [2.45, 2.75) is 38.9 Å². The number of nitrogens with one attached hydrogen (secondary N) is 1. The standard InChI is InChI=1S/C11H19N5O2/c1-7(2)18-11-15-9(12)14-10(16-11)13-6-8-4-3-5-17-8/h7-8H,3-6H2,1-2H3,(H3,12,13,14,15,16). The topological polar surface area (TPSA) is 95.2 Å². The Balaban J connectivity index is 1.96. The van der Waals surface area contributed by atoms with Gasteiger partial charge in [-0.05, 0) is 26.7 Å². The van der Waals surface area contributed by atoms with Gasteiger partial charge in [-0.2, -0.15) is 15.0 Å². The van der Waals surface area contributed by atoms with E-state index in [1.807, 2.05) is 13.8 Å². The van der Waals surface area contributed by atoms with Gasteiger partial charge in [0.25, 0.3) is 0 Å². The van der Waals surface area contributed by atoms with Gasteiger partial charge in [0.1, 0.15) is 0 Å². The highest BCUT2D eigenvalue weighted by molar-refractivity contribution is 5.32.